The van der Waals surface area contributed by atoms with Gasteiger partial charge in [0.25, 0.3) is 0 Å². The fourth-order valence-corrected chi connectivity index (χ4v) is 2.13. The molecule has 0 radical (unpaired) electrons. The average Bonchev–Trinajstić information content (AvgIpc) is 2.67. The summed E-state index contributed by atoms with van der Waals surface area (Å²) < 4.78 is 75.4. The van der Waals surface area contributed by atoms with E-state index in [1.807, 2.05) is 0 Å². The highest BCUT2D eigenvalue weighted by molar-refractivity contribution is 5.51. The van der Waals surface area contributed by atoms with Crippen molar-refractivity contribution in [3.05, 3.63) is 59.7 Å². The Bertz CT molecular complexity index is 767. The molecule has 0 amide bonds. The van der Waals surface area contributed by atoms with E-state index in [0.29, 0.717) is 30.8 Å². The van der Waals surface area contributed by atoms with Gasteiger partial charge in [-0.05, 0) is 12.1 Å². The van der Waals surface area contributed by atoms with Gasteiger partial charge in [-0.1, -0.05) is 18.7 Å². The zero-order valence-corrected chi connectivity index (χ0v) is 14.6. The molecule has 2 rings (SSSR count). The zero-order chi connectivity index (χ0) is 19.8. The summed E-state index contributed by atoms with van der Waals surface area (Å²) in [6.07, 6.45) is 0.686. The van der Waals surface area contributed by atoms with Gasteiger partial charge in [-0.3, -0.25) is 0 Å². The van der Waals surface area contributed by atoms with Crippen molar-refractivity contribution in [1.82, 2.24) is 0 Å². The molecule has 0 aromatic heterocycles. The topological polar surface area (TPSA) is 36.9 Å². The molecule has 0 aliphatic rings. The van der Waals surface area contributed by atoms with Crippen molar-refractivity contribution in [3.63, 3.8) is 0 Å². The van der Waals surface area contributed by atoms with Gasteiger partial charge in [0.05, 0.1) is 12.2 Å². The van der Waals surface area contributed by atoms with Gasteiger partial charge in [-0.25, -0.2) is 8.78 Å². The first kappa shape index (κ1) is 20.6. The van der Waals surface area contributed by atoms with Crippen LogP contribution in [0.3, 0.4) is 0 Å². The number of methoxy groups -OCH3 is 1. The molecule has 0 bridgehead atoms. The molecule has 0 fully saturated rings. The number of hydrogen-bond donors (Lipinski definition) is 0. The molecule has 0 spiro atoms. The normalized spacial score (nSPS) is 10.6. The molecule has 2 aromatic carbocycles. The van der Waals surface area contributed by atoms with E-state index in [2.05, 4.69) is 6.58 Å². The van der Waals surface area contributed by atoms with Crippen molar-refractivity contribution < 1.29 is 36.5 Å². The van der Waals surface area contributed by atoms with Crippen LogP contribution >= 0.6 is 0 Å². The highest BCUT2D eigenvalue weighted by atomic mass is 19.2. The van der Waals surface area contributed by atoms with Crippen LogP contribution in [-0.4, -0.2) is 33.5 Å². The van der Waals surface area contributed by atoms with E-state index >= 15 is 0 Å². The van der Waals surface area contributed by atoms with Crippen LogP contribution in [0.25, 0.3) is 6.08 Å². The molecule has 4 nitrogen and oxygen atoms in total. The fraction of sp³-hybridized carbons (Fsp3) is 0.263. The summed E-state index contributed by atoms with van der Waals surface area (Å²) in [6, 6.07) is 6.66. The third-order valence-corrected chi connectivity index (χ3v) is 3.42. The highest BCUT2D eigenvalue weighted by Gasteiger charge is 2.25. The SMILES string of the molecule is C=Cc1c(F)c(F)c(OCCOc2cccc(OCCOC)c2)c(F)c1F. The van der Waals surface area contributed by atoms with Crippen LogP contribution < -0.4 is 14.2 Å². The molecule has 0 aliphatic carbocycles. The summed E-state index contributed by atoms with van der Waals surface area (Å²) >= 11 is 0. The van der Waals surface area contributed by atoms with Crippen LogP contribution in [0, 0.1) is 23.3 Å². The minimum Gasteiger partial charge on any atom is -0.491 e. The second-order valence-electron chi connectivity index (χ2n) is 5.22. The summed E-state index contributed by atoms with van der Waals surface area (Å²) in [5.41, 5.74) is -0.890. The van der Waals surface area contributed by atoms with E-state index in [1.54, 1.807) is 31.4 Å². The first-order chi connectivity index (χ1) is 13.0. The van der Waals surface area contributed by atoms with E-state index in [4.69, 9.17) is 18.9 Å². The predicted octanol–water partition coefficient (Wildman–Crippen LogP) is 4.37. The van der Waals surface area contributed by atoms with E-state index < -0.39 is 34.6 Å². The second-order valence-corrected chi connectivity index (χ2v) is 5.22. The molecule has 0 aliphatic heterocycles. The summed E-state index contributed by atoms with van der Waals surface area (Å²) in [7, 11) is 1.55. The Morgan fingerprint density at radius 3 is 1.85 bits per heavy atom. The minimum absolute atomic E-state index is 0.118. The van der Waals surface area contributed by atoms with Gasteiger partial charge in [-0.2, -0.15) is 8.78 Å². The van der Waals surface area contributed by atoms with Crippen LogP contribution in [0.1, 0.15) is 5.56 Å². The third kappa shape index (κ3) is 5.13. The molecule has 0 unspecified atom stereocenters. The Hall–Kier alpha value is -2.74. The smallest absolute Gasteiger partial charge is 0.204 e. The van der Waals surface area contributed by atoms with Crippen LogP contribution in [0.2, 0.25) is 0 Å². The Kier molecular flexibility index (Phi) is 7.48. The monoisotopic (exact) mass is 386 g/mol. The Labute approximate surface area is 153 Å². The Morgan fingerprint density at radius 2 is 1.33 bits per heavy atom. The molecule has 0 N–H and O–H groups in total. The molecule has 2 aromatic rings. The molecule has 0 saturated carbocycles. The number of ether oxygens (including phenoxy) is 4. The lowest BCUT2D eigenvalue weighted by molar-refractivity contribution is 0.146. The molecular formula is C19H18F4O4. The molecule has 0 atom stereocenters. The number of halogens is 4. The van der Waals surface area contributed by atoms with Gasteiger partial charge in [0, 0.05) is 13.2 Å². The molecule has 8 heteroatoms. The van der Waals surface area contributed by atoms with Crippen molar-refractivity contribution in [1.29, 1.82) is 0 Å². The maximum Gasteiger partial charge on any atom is 0.204 e. The number of rotatable bonds is 10. The van der Waals surface area contributed by atoms with E-state index in [0.717, 1.165) is 0 Å². The Balaban J connectivity index is 1.94. The average molecular weight is 386 g/mol. The quantitative estimate of drug-likeness (QED) is 0.345. The van der Waals surface area contributed by atoms with Crippen LogP contribution in [0.5, 0.6) is 17.2 Å². The van der Waals surface area contributed by atoms with Crippen LogP contribution in [0.15, 0.2) is 30.8 Å². The molecule has 146 valence electrons. The van der Waals surface area contributed by atoms with Gasteiger partial charge in [0.2, 0.25) is 11.6 Å². The van der Waals surface area contributed by atoms with E-state index in [1.165, 1.54) is 0 Å². The van der Waals surface area contributed by atoms with Crippen LogP contribution in [0.4, 0.5) is 17.6 Å². The molecule has 27 heavy (non-hydrogen) atoms. The predicted molar refractivity (Wildman–Crippen MR) is 91.2 cm³/mol. The van der Waals surface area contributed by atoms with Crippen LogP contribution in [-0.2, 0) is 4.74 Å². The zero-order valence-electron chi connectivity index (χ0n) is 14.6. The van der Waals surface area contributed by atoms with Gasteiger partial charge in [-0.15, -0.1) is 0 Å². The molecule has 0 saturated heterocycles. The van der Waals surface area contributed by atoms with E-state index in [-0.39, 0.29) is 13.2 Å². The number of hydrogen-bond acceptors (Lipinski definition) is 4. The lowest BCUT2D eigenvalue weighted by Crippen LogP contribution is -2.13. The maximum absolute atomic E-state index is 13.8. The second kappa shape index (κ2) is 9.82. The van der Waals surface area contributed by atoms with Crippen molar-refractivity contribution in [2.75, 3.05) is 33.5 Å². The summed E-state index contributed by atoms with van der Waals surface area (Å²) in [6.45, 7) is 3.44. The standard InChI is InChI=1S/C19H18F4O4/c1-3-14-15(20)17(22)19(18(23)16(14)21)27-10-9-26-13-6-4-5-12(11-13)25-8-7-24-2/h3-6,11H,1,7-10H2,2H3. The van der Waals surface area contributed by atoms with Gasteiger partial charge in [0.1, 0.15) is 31.3 Å². The summed E-state index contributed by atoms with van der Waals surface area (Å²) in [5.74, 6) is -6.56. The Morgan fingerprint density at radius 1 is 0.815 bits per heavy atom. The van der Waals surface area contributed by atoms with Crippen molar-refractivity contribution in [3.8, 4) is 17.2 Å². The first-order valence-electron chi connectivity index (χ1n) is 7.95. The van der Waals surface area contributed by atoms with Gasteiger partial charge >= 0.3 is 0 Å². The number of benzene rings is 2. The van der Waals surface area contributed by atoms with Gasteiger partial charge in [0.15, 0.2) is 17.4 Å². The minimum atomic E-state index is -1.63. The molecular weight excluding hydrogens is 368 g/mol. The van der Waals surface area contributed by atoms with Crippen molar-refractivity contribution >= 4 is 6.08 Å². The maximum atomic E-state index is 13.8. The lowest BCUT2D eigenvalue weighted by atomic mass is 10.1. The van der Waals surface area contributed by atoms with Gasteiger partial charge < -0.3 is 18.9 Å². The van der Waals surface area contributed by atoms with E-state index in [9.17, 15) is 17.6 Å². The molecule has 0 heterocycles. The van der Waals surface area contributed by atoms with Crippen molar-refractivity contribution in [2.24, 2.45) is 0 Å². The largest absolute Gasteiger partial charge is 0.491 e. The first-order valence-corrected chi connectivity index (χ1v) is 7.95. The lowest BCUT2D eigenvalue weighted by Gasteiger charge is -2.12. The van der Waals surface area contributed by atoms with Crippen molar-refractivity contribution in [2.45, 2.75) is 0 Å². The highest BCUT2D eigenvalue weighted by Crippen LogP contribution is 2.30. The summed E-state index contributed by atoms with van der Waals surface area (Å²) in [5, 5.41) is 0. The summed E-state index contributed by atoms with van der Waals surface area (Å²) in [4.78, 5) is 0. The third-order valence-electron chi connectivity index (χ3n) is 3.42. The fourth-order valence-electron chi connectivity index (χ4n) is 2.13.